The minimum atomic E-state index is -4.41. The predicted molar refractivity (Wildman–Crippen MR) is 80.6 cm³/mol. The standard InChI is InChI=1S/C14H15F3N4O2S/c15-14(16,17)8-18-13(22)21-5-3-9(4-6-21)12-19-11(20-23-12)10-2-1-7-24-10/h1-2,7,9H,3-6,8H2,(H,18,22). The van der Waals surface area contributed by atoms with E-state index >= 15 is 0 Å². The van der Waals surface area contributed by atoms with Crippen LogP contribution in [0.4, 0.5) is 18.0 Å². The molecular formula is C14H15F3N4O2S. The van der Waals surface area contributed by atoms with Crippen molar-refractivity contribution in [1.29, 1.82) is 0 Å². The van der Waals surface area contributed by atoms with E-state index in [0.29, 0.717) is 37.6 Å². The average molecular weight is 360 g/mol. The Morgan fingerprint density at radius 2 is 2.17 bits per heavy atom. The Balaban J connectivity index is 1.53. The number of nitrogens with one attached hydrogen (secondary N) is 1. The fourth-order valence-corrected chi connectivity index (χ4v) is 3.17. The minimum absolute atomic E-state index is 0.0119. The maximum Gasteiger partial charge on any atom is 0.405 e. The van der Waals surface area contributed by atoms with Crippen LogP contribution in [0.2, 0.25) is 0 Å². The van der Waals surface area contributed by atoms with Gasteiger partial charge in [0.2, 0.25) is 11.7 Å². The molecule has 2 aromatic rings. The number of aromatic nitrogens is 2. The summed E-state index contributed by atoms with van der Waals surface area (Å²) in [5.74, 6) is 1.05. The normalized spacial score (nSPS) is 16.4. The van der Waals surface area contributed by atoms with Crippen LogP contribution in [0.3, 0.4) is 0 Å². The fraction of sp³-hybridized carbons (Fsp3) is 0.500. The van der Waals surface area contributed by atoms with Gasteiger partial charge in [-0.2, -0.15) is 18.2 Å². The van der Waals surface area contributed by atoms with Crippen molar-refractivity contribution < 1.29 is 22.5 Å². The smallest absolute Gasteiger partial charge is 0.339 e. The highest BCUT2D eigenvalue weighted by molar-refractivity contribution is 7.13. The molecule has 3 heterocycles. The Bertz CT molecular complexity index is 679. The van der Waals surface area contributed by atoms with Crippen molar-refractivity contribution >= 4 is 17.4 Å². The lowest BCUT2D eigenvalue weighted by Crippen LogP contribution is -2.46. The second-order valence-corrected chi connectivity index (χ2v) is 6.42. The molecule has 10 heteroatoms. The molecule has 0 bridgehead atoms. The number of amides is 2. The number of nitrogens with zero attached hydrogens (tertiary/aromatic N) is 3. The number of carbonyl (C=O) groups excluding carboxylic acids is 1. The molecule has 0 aromatic carbocycles. The van der Waals surface area contributed by atoms with Gasteiger partial charge in [0.15, 0.2) is 0 Å². The van der Waals surface area contributed by atoms with E-state index in [4.69, 9.17) is 4.52 Å². The number of piperidine rings is 1. The van der Waals surface area contributed by atoms with Crippen molar-refractivity contribution in [2.24, 2.45) is 0 Å². The van der Waals surface area contributed by atoms with E-state index < -0.39 is 18.8 Å². The molecule has 2 amide bonds. The molecule has 0 aliphatic carbocycles. The van der Waals surface area contributed by atoms with Crippen molar-refractivity contribution in [1.82, 2.24) is 20.4 Å². The zero-order chi connectivity index (χ0) is 17.2. The molecule has 6 nitrogen and oxygen atoms in total. The summed E-state index contributed by atoms with van der Waals surface area (Å²) in [6.45, 7) is -0.615. The molecule has 1 aliphatic heterocycles. The van der Waals surface area contributed by atoms with E-state index in [0.717, 1.165) is 4.88 Å². The first-order valence-electron chi connectivity index (χ1n) is 7.39. The lowest BCUT2D eigenvalue weighted by molar-refractivity contribution is -0.123. The summed E-state index contributed by atoms with van der Waals surface area (Å²) in [5.41, 5.74) is 0. The number of alkyl halides is 3. The first kappa shape index (κ1) is 16.7. The number of hydrogen-bond donors (Lipinski definition) is 1. The summed E-state index contributed by atoms with van der Waals surface area (Å²) >= 11 is 1.51. The zero-order valence-electron chi connectivity index (χ0n) is 12.5. The highest BCUT2D eigenvalue weighted by Gasteiger charge is 2.31. The van der Waals surface area contributed by atoms with Gasteiger partial charge in [-0.1, -0.05) is 11.2 Å². The molecule has 1 N–H and O–H groups in total. The Labute approximate surface area is 139 Å². The van der Waals surface area contributed by atoms with Gasteiger partial charge in [-0.25, -0.2) is 4.79 Å². The Kier molecular flexibility index (Phi) is 4.74. The summed E-state index contributed by atoms with van der Waals surface area (Å²) in [4.78, 5) is 18.4. The summed E-state index contributed by atoms with van der Waals surface area (Å²) < 4.78 is 41.7. The Hall–Kier alpha value is -2.10. The van der Waals surface area contributed by atoms with Crippen LogP contribution >= 0.6 is 11.3 Å². The zero-order valence-corrected chi connectivity index (χ0v) is 13.4. The molecule has 0 radical (unpaired) electrons. The lowest BCUT2D eigenvalue weighted by Gasteiger charge is -2.30. The largest absolute Gasteiger partial charge is 0.405 e. The van der Waals surface area contributed by atoms with Crippen molar-refractivity contribution in [3.8, 4) is 10.7 Å². The first-order valence-corrected chi connectivity index (χ1v) is 8.27. The quantitative estimate of drug-likeness (QED) is 0.912. The van der Waals surface area contributed by atoms with Crippen LogP contribution in [0.15, 0.2) is 22.0 Å². The van der Waals surface area contributed by atoms with Gasteiger partial charge < -0.3 is 14.7 Å². The molecule has 2 aromatic heterocycles. The van der Waals surface area contributed by atoms with Crippen molar-refractivity contribution in [3.63, 3.8) is 0 Å². The van der Waals surface area contributed by atoms with Crippen LogP contribution in [-0.4, -0.2) is 46.9 Å². The van der Waals surface area contributed by atoms with Gasteiger partial charge in [-0.15, -0.1) is 11.3 Å². The van der Waals surface area contributed by atoms with Gasteiger partial charge in [0, 0.05) is 19.0 Å². The maximum absolute atomic E-state index is 12.1. The van der Waals surface area contributed by atoms with Gasteiger partial charge in [0.1, 0.15) is 6.54 Å². The van der Waals surface area contributed by atoms with Gasteiger partial charge >= 0.3 is 12.2 Å². The molecule has 0 saturated carbocycles. The molecule has 130 valence electrons. The van der Waals surface area contributed by atoms with Crippen LogP contribution in [0.25, 0.3) is 10.7 Å². The molecule has 24 heavy (non-hydrogen) atoms. The highest BCUT2D eigenvalue weighted by Crippen LogP contribution is 2.29. The number of halogens is 3. The fourth-order valence-electron chi connectivity index (χ4n) is 2.52. The lowest BCUT2D eigenvalue weighted by atomic mass is 9.97. The molecule has 0 spiro atoms. The summed E-state index contributed by atoms with van der Waals surface area (Å²) in [6.07, 6.45) is -3.26. The summed E-state index contributed by atoms with van der Waals surface area (Å²) in [7, 11) is 0. The minimum Gasteiger partial charge on any atom is -0.339 e. The molecule has 3 rings (SSSR count). The van der Waals surface area contributed by atoms with Crippen LogP contribution in [-0.2, 0) is 0 Å². The predicted octanol–water partition coefficient (Wildman–Crippen LogP) is 3.25. The molecule has 0 unspecified atom stereocenters. The number of rotatable bonds is 3. The molecule has 1 aliphatic rings. The van der Waals surface area contributed by atoms with E-state index in [9.17, 15) is 18.0 Å². The van der Waals surface area contributed by atoms with Crippen molar-refractivity contribution in [2.45, 2.75) is 24.9 Å². The maximum atomic E-state index is 12.1. The van der Waals surface area contributed by atoms with Crippen LogP contribution in [0.5, 0.6) is 0 Å². The van der Waals surface area contributed by atoms with E-state index in [2.05, 4.69) is 10.1 Å². The highest BCUT2D eigenvalue weighted by atomic mass is 32.1. The third-order valence-corrected chi connectivity index (χ3v) is 4.62. The van der Waals surface area contributed by atoms with Gasteiger partial charge in [-0.05, 0) is 24.3 Å². The van der Waals surface area contributed by atoms with E-state index in [1.807, 2.05) is 22.8 Å². The summed E-state index contributed by atoms with van der Waals surface area (Å²) in [5, 5.41) is 7.75. The Morgan fingerprint density at radius 1 is 1.42 bits per heavy atom. The van der Waals surface area contributed by atoms with Crippen molar-refractivity contribution in [2.75, 3.05) is 19.6 Å². The van der Waals surface area contributed by atoms with Crippen LogP contribution < -0.4 is 5.32 Å². The summed E-state index contributed by atoms with van der Waals surface area (Å²) in [6, 6.07) is 3.09. The number of carbonyl (C=O) groups is 1. The van der Waals surface area contributed by atoms with Gasteiger partial charge in [0.25, 0.3) is 0 Å². The van der Waals surface area contributed by atoms with Crippen molar-refractivity contribution in [3.05, 3.63) is 23.4 Å². The molecular weight excluding hydrogens is 345 g/mol. The second-order valence-electron chi connectivity index (χ2n) is 5.47. The average Bonchev–Trinajstić information content (AvgIpc) is 3.23. The molecule has 1 saturated heterocycles. The number of hydrogen-bond acceptors (Lipinski definition) is 5. The molecule has 0 atom stereocenters. The number of urea groups is 1. The van der Waals surface area contributed by atoms with Gasteiger partial charge in [0.05, 0.1) is 4.88 Å². The third kappa shape index (κ3) is 4.05. The van der Waals surface area contributed by atoms with Gasteiger partial charge in [-0.3, -0.25) is 0 Å². The van der Waals surface area contributed by atoms with E-state index in [1.54, 1.807) is 0 Å². The number of thiophene rings is 1. The second kappa shape index (κ2) is 6.80. The number of likely N-dealkylation sites (tertiary alicyclic amines) is 1. The molecule has 1 fully saturated rings. The Morgan fingerprint density at radius 3 is 2.79 bits per heavy atom. The monoisotopic (exact) mass is 360 g/mol. The van der Waals surface area contributed by atoms with Crippen LogP contribution in [0, 0.1) is 0 Å². The SMILES string of the molecule is O=C(NCC(F)(F)F)N1CCC(c2nc(-c3cccs3)no2)CC1. The van der Waals surface area contributed by atoms with E-state index in [1.165, 1.54) is 16.2 Å². The first-order chi connectivity index (χ1) is 11.4. The topological polar surface area (TPSA) is 71.3 Å². The van der Waals surface area contributed by atoms with E-state index in [-0.39, 0.29) is 5.92 Å². The van der Waals surface area contributed by atoms with Crippen LogP contribution in [0.1, 0.15) is 24.7 Å². The third-order valence-electron chi connectivity index (χ3n) is 3.75.